The Morgan fingerprint density at radius 3 is 2.83 bits per heavy atom. The number of anilines is 1. The standard InChI is InChI=1S/C19H16N4O4S2/c24-18(21-19-20-13-4-1-2-6-17(13)28-19)14-10-15(16-5-3-8-27-16)23(22-14)12-7-9-29(25,26)11-12/h1-6,8,10,12H,7,9,11H2,(H,20,21,24). The first-order chi connectivity index (χ1) is 14.0. The van der Waals surface area contributed by atoms with Crippen LogP contribution >= 0.6 is 11.3 Å². The van der Waals surface area contributed by atoms with E-state index in [2.05, 4.69) is 15.4 Å². The van der Waals surface area contributed by atoms with Gasteiger partial charge in [0, 0.05) is 6.07 Å². The zero-order valence-electron chi connectivity index (χ0n) is 15.1. The minimum atomic E-state index is -3.10. The molecule has 1 saturated heterocycles. The maximum atomic E-state index is 12.8. The van der Waals surface area contributed by atoms with Crippen molar-refractivity contribution in [1.29, 1.82) is 0 Å². The molecule has 1 N–H and O–H groups in total. The van der Waals surface area contributed by atoms with E-state index in [0.29, 0.717) is 23.0 Å². The summed E-state index contributed by atoms with van der Waals surface area (Å²) in [5.74, 6) is 0.237. The molecule has 0 bridgehead atoms. The number of carbonyl (C=O) groups is 1. The highest BCUT2D eigenvalue weighted by Crippen LogP contribution is 2.31. The zero-order valence-corrected chi connectivity index (χ0v) is 16.7. The summed E-state index contributed by atoms with van der Waals surface area (Å²) in [4.78, 5) is 17.2. The van der Waals surface area contributed by atoms with E-state index in [-0.39, 0.29) is 23.2 Å². The van der Waals surface area contributed by atoms with Crippen molar-refractivity contribution in [3.05, 3.63) is 54.4 Å². The highest BCUT2D eigenvalue weighted by atomic mass is 32.2. The lowest BCUT2D eigenvalue weighted by atomic mass is 10.2. The van der Waals surface area contributed by atoms with Gasteiger partial charge < -0.3 is 4.42 Å². The van der Waals surface area contributed by atoms with Crippen LogP contribution in [0.3, 0.4) is 0 Å². The summed E-state index contributed by atoms with van der Waals surface area (Å²) >= 11 is 1.38. The van der Waals surface area contributed by atoms with E-state index in [9.17, 15) is 13.2 Å². The van der Waals surface area contributed by atoms with Crippen LogP contribution in [-0.2, 0) is 9.84 Å². The number of fused-ring (bicyclic) bond motifs is 1. The van der Waals surface area contributed by atoms with Crippen molar-refractivity contribution in [1.82, 2.24) is 14.8 Å². The van der Waals surface area contributed by atoms with Crippen LogP contribution < -0.4 is 5.32 Å². The van der Waals surface area contributed by atoms with E-state index < -0.39 is 15.7 Å². The lowest BCUT2D eigenvalue weighted by Crippen LogP contribution is -2.16. The molecule has 0 aliphatic carbocycles. The largest absolute Gasteiger partial charge is 0.463 e. The third kappa shape index (κ3) is 3.45. The second-order valence-electron chi connectivity index (χ2n) is 6.83. The molecular weight excluding hydrogens is 412 g/mol. The first-order valence-corrected chi connectivity index (χ1v) is 11.6. The summed E-state index contributed by atoms with van der Waals surface area (Å²) in [6.45, 7) is 0. The predicted octanol–water partition coefficient (Wildman–Crippen LogP) is 3.36. The Kier molecular flexibility index (Phi) is 4.25. The molecule has 1 aliphatic heterocycles. The van der Waals surface area contributed by atoms with E-state index in [0.717, 1.165) is 10.2 Å². The van der Waals surface area contributed by atoms with Crippen LogP contribution in [0, 0.1) is 0 Å². The molecule has 1 aromatic carbocycles. The third-order valence-electron chi connectivity index (χ3n) is 4.81. The molecular formula is C19H16N4O4S2. The molecule has 1 aliphatic rings. The number of thiazole rings is 1. The van der Waals surface area contributed by atoms with Gasteiger partial charge in [-0.2, -0.15) is 5.10 Å². The summed E-state index contributed by atoms with van der Waals surface area (Å²) in [5.41, 5.74) is 1.57. The Bertz CT molecular complexity index is 1270. The number of hydrogen-bond donors (Lipinski definition) is 1. The fourth-order valence-electron chi connectivity index (χ4n) is 3.45. The van der Waals surface area contributed by atoms with Crippen molar-refractivity contribution >= 4 is 42.4 Å². The van der Waals surface area contributed by atoms with Crippen LogP contribution in [0.4, 0.5) is 5.13 Å². The first-order valence-electron chi connectivity index (χ1n) is 8.99. The second-order valence-corrected chi connectivity index (χ2v) is 10.1. The number of sulfone groups is 1. The number of benzene rings is 1. The molecule has 4 heterocycles. The molecule has 5 rings (SSSR count). The van der Waals surface area contributed by atoms with Crippen LogP contribution in [0.5, 0.6) is 0 Å². The molecule has 1 amide bonds. The Morgan fingerprint density at radius 1 is 1.24 bits per heavy atom. The molecule has 0 saturated carbocycles. The molecule has 8 nitrogen and oxygen atoms in total. The minimum absolute atomic E-state index is 0.00131. The Morgan fingerprint density at radius 2 is 2.10 bits per heavy atom. The predicted molar refractivity (Wildman–Crippen MR) is 110 cm³/mol. The van der Waals surface area contributed by atoms with E-state index in [1.807, 2.05) is 24.3 Å². The Labute approximate surface area is 170 Å². The number of nitrogens with zero attached hydrogens (tertiary/aromatic N) is 3. The zero-order chi connectivity index (χ0) is 20.0. The van der Waals surface area contributed by atoms with Gasteiger partial charge in [-0.1, -0.05) is 23.5 Å². The number of aromatic nitrogens is 3. The monoisotopic (exact) mass is 428 g/mol. The van der Waals surface area contributed by atoms with Crippen LogP contribution in [0.15, 0.2) is 53.1 Å². The van der Waals surface area contributed by atoms with Gasteiger partial charge in [-0.15, -0.1) is 0 Å². The van der Waals surface area contributed by atoms with Crippen molar-refractivity contribution in [3.63, 3.8) is 0 Å². The highest BCUT2D eigenvalue weighted by Gasteiger charge is 2.32. The van der Waals surface area contributed by atoms with Crippen LogP contribution in [0.1, 0.15) is 23.0 Å². The number of para-hydroxylation sites is 1. The van der Waals surface area contributed by atoms with E-state index in [1.54, 1.807) is 22.9 Å². The fourth-order valence-corrected chi connectivity index (χ4v) is 6.00. The Hall–Kier alpha value is -2.98. The molecule has 1 fully saturated rings. The summed E-state index contributed by atoms with van der Waals surface area (Å²) < 4.78 is 31.9. The molecule has 0 radical (unpaired) electrons. The maximum absolute atomic E-state index is 12.8. The topological polar surface area (TPSA) is 107 Å². The minimum Gasteiger partial charge on any atom is -0.463 e. The van der Waals surface area contributed by atoms with Crippen LogP contribution in [0.25, 0.3) is 21.7 Å². The maximum Gasteiger partial charge on any atom is 0.277 e. The lowest BCUT2D eigenvalue weighted by Gasteiger charge is -2.11. The molecule has 10 heteroatoms. The van der Waals surface area contributed by atoms with Gasteiger partial charge in [0.2, 0.25) is 0 Å². The van der Waals surface area contributed by atoms with Crippen LogP contribution in [0.2, 0.25) is 0 Å². The number of rotatable bonds is 4. The Balaban J connectivity index is 1.48. The van der Waals surface area contributed by atoms with Gasteiger partial charge in [0.05, 0.1) is 34.0 Å². The number of furan rings is 1. The van der Waals surface area contributed by atoms with E-state index in [1.165, 1.54) is 17.6 Å². The smallest absolute Gasteiger partial charge is 0.277 e. The van der Waals surface area contributed by atoms with E-state index >= 15 is 0 Å². The second kappa shape index (κ2) is 6.82. The van der Waals surface area contributed by atoms with Gasteiger partial charge >= 0.3 is 0 Å². The van der Waals surface area contributed by atoms with Gasteiger partial charge in [-0.3, -0.25) is 14.8 Å². The SMILES string of the molecule is O=C(Nc1nc2ccccc2s1)c1cc(-c2ccco2)n(C2CCS(=O)(=O)C2)n1. The molecule has 3 aromatic heterocycles. The van der Waals surface area contributed by atoms with Crippen molar-refractivity contribution in [3.8, 4) is 11.5 Å². The van der Waals surface area contributed by atoms with Crippen molar-refractivity contribution in [2.45, 2.75) is 12.5 Å². The highest BCUT2D eigenvalue weighted by molar-refractivity contribution is 7.91. The number of carbonyl (C=O) groups excluding carboxylic acids is 1. The average Bonchev–Trinajstić information content (AvgIpc) is 3.46. The van der Waals surface area contributed by atoms with Gasteiger partial charge in [0.15, 0.2) is 26.4 Å². The lowest BCUT2D eigenvalue weighted by molar-refractivity contribution is 0.102. The van der Waals surface area contributed by atoms with Crippen molar-refractivity contribution in [2.24, 2.45) is 0 Å². The first kappa shape index (κ1) is 18.1. The van der Waals surface area contributed by atoms with Gasteiger partial charge in [-0.05, 0) is 30.7 Å². The molecule has 1 unspecified atom stereocenters. The number of amides is 1. The third-order valence-corrected chi connectivity index (χ3v) is 7.51. The van der Waals surface area contributed by atoms with Crippen molar-refractivity contribution < 1.29 is 17.6 Å². The van der Waals surface area contributed by atoms with Crippen molar-refractivity contribution in [2.75, 3.05) is 16.8 Å². The molecule has 0 spiro atoms. The van der Waals surface area contributed by atoms with Gasteiger partial charge in [0.1, 0.15) is 5.69 Å². The molecule has 29 heavy (non-hydrogen) atoms. The summed E-state index contributed by atoms with van der Waals surface area (Å²) in [6.07, 6.45) is 1.98. The van der Waals surface area contributed by atoms with Gasteiger partial charge in [-0.25, -0.2) is 13.4 Å². The molecule has 1 atom stereocenters. The average molecular weight is 428 g/mol. The fraction of sp³-hybridized carbons (Fsp3) is 0.211. The number of hydrogen-bond acceptors (Lipinski definition) is 7. The number of nitrogens with one attached hydrogen (secondary N) is 1. The van der Waals surface area contributed by atoms with Gasteiger partial charge in [0.25, 0.3) is 5.91 Å². The van der Waals surface area contributed by atoms with Crippen LogP contribution in [-0.4, -0.2) is 40.6 Å². The molecule has 4 aromatic rings. The quantitative estimate of drug-likeness (QED) is 0.534. The molecule has 148 valence electrons. The summed E-state index contributed by atoms with van der Waals surface area (Å²) in [6, 6.07) is 12.4. The van der Waals surface area contributed by atoms with E-state index in [4.69, 9.17) is 4.42 Å². The normalized spacial score (nSPS) is 18.3. The summed E-state index contributed by atoms with van der Waals surface area (Å²) in [7, 11) is -3.10. The summed E-state index contributed by atoms with van der Waals surface area (Å²) in [5, 5.41) is 7.69.